The summed E-state index contributed by atoms with van der Waals surface area (Å²) in [5.41, 5.74) is 3.39. The number of alkyl halides is 3. The van der Waals surface area contributed by atoms with Crippen molar-refractivity contribution in [2.75, 3.05) is 25.4 Å². The van der Waals surface area contributed by atoms with Crippen molar-refractivity contribution in [1.82, 2.24) is 8.87 Å². The number of aliphatic hydroxyl groups is 2. The lowest BCUT2D eigenvalue weighted by Crippen LogP contribution is -2.52. The average molecular weight is 618 g/mol. The molecule has 1 aromatic heterocycles. The Morgan fingerprint density at radius 2 is 1.74 bits per heavy atom. The normalized spacial score (nSPS) is 17.5. The van der Waals surface area contributed by atoms with Crippen molar-refractivity contribution >= 4 is 32.5 Å². The van der Waals surface area contributed by atoms with Gasteiger partial charge in [-0.25, -0.2) is 13.2 Å². The smallest absolute Gasteiger partial charge is 0.416 e. The van der Waals surface area contributed by atoms with Crippen LogP contribution in [0.15, 0.2) is 76.6 Å². The lowest BCUT2D eigenvalue weighted by molar-refractivity contribution is -0.142. The van der Waals surface area contributed by atoms with Crippen molar-refractivity contribution in [2.45, 2.75) is 29.8 Å². The molecule has 1 unspecified atom stereocenters. The molecule has 2 atom stereocenters. The number of aromatic nitrogens is 1. The van der Waals surface area contributed by atoms with E-state index in [9.17, 15) is 46.5 Å². The summed E-state index contributed by atoms with van der Waals surface area (Å²) in [5, 5.41) is 30.1. The number of carbonyl (C=O) groups is 1. The van der Waals surface area contributed by atoms with Gasteiger partial charge in [0.1, 0.15) is 11.7 Å². The van der Waals surface area contributed by atoms with Gasteiger partial charge < -0.3 is 21.1 Å². The van der Waals surface area contributed by atoms with Gasteiger partial charge in [-0.2, -0.15) is 17.5 Å². The zero-order valence-electron chi connectivity index (χ0n) is 22.3. The number of sulfonamides is 1. The number of aliphatic hydroxyl groups excluding tert-OH is 2. The van der Waals surface area contributed by atoms with Crippen LogP contribution in [0.4, 0.5) is 18.9 Å². The van der Waals surface area contributed by atoms with Gasteiger partial charge in [0.25, 0.3) is 15.6 Å². The molecule has 2 heterocycles. The number of hydrogen-bond acceptors (Lipinski definition) is 7. The molecule has 0 radical (unpaired) electrons. The Labute approximate surface area is 243 Å². The van der Waals surface area contributed by atoms with Crippen LogP contribution >= 0.6 is 0 Å². The highest BCUT2D eigenvalue weighted by Crippen LogP contribution is 2.41. The highest BCUT2D eigenvalue weighted by atomic mass is 32.2. The van der Waals surface area contributed by atoms with Crippen molar-refractivity contribution in [3.05, 3.63) is 93.8 Å². The van der Waals surface area contributed by atoms with Gasteiger partial charge in [-0.15, -0.1) is 0 Å². The van der Waals surface area contributed by atoms with Gasteiger partial charge >= 0.3 is 12.1 Å². The lowest BCUT2D eigenvalue weighted by atomic mass is 9.92. The molecule has 0 spiro atoms. The molecule has 0 saturated carbocycles. The Morgan fingerprint density at radius 1 is 1.07 bits per heavy atom. The first-order valence-corrected chi connectivity index (χ1v) is 14.4. The molecular formula is C29H26F3N3O7S. The largest absolute Gasteiger partial charge is 0.480 e. The topological polar surface area (TPSA) is 163 Å². The summed E-state index contributed by atoms with van der Waals surface area (Å²) in [6.45, 7) is -2.39. The van der Waals surface area contributed by atoms with Gasteiger partial charge in [0.15, 0.2) is 5.03 Å². The molecule has 10 nitrogen and oxygen atoms in total. The number of β-amino-alcohol motifs (C(OH)–C–C–N with tert-alkyl or cyclic N) is 1. The number of anilines is 1. The third-order valence-electron chi connectivity index (χ3n) is 7.42. The summed E-state index contributed by atoms with van der Waals surface area (Å²) in [5.74, 6) is -1.61. The fraction of sp³-hybridized carbons (Fsp3) is 0.241. The average Bonchev–Trinajstić information content (AvgIpc) is 2.96. The standard InChI is InChI=1S/C29H26F3N3O7S/c30-29(31,32)19-9-4-8-18(11-19)24-22(12-17-7-3-6-16-5-1-2-10-21(16)17)25(33)26(38)35-23(28(39)40)14-34(13-20(37)15-36)43(41,42)27(24)35/h1-11,20,23,36-37H,12-15,33H2,(H,39,40)/t20-,23?/m0/s1. The Morgan fingerprint density at radius 3 is 2.42 bits per heavy atom. The molecule has 0 amide bonds. The first-order chi connectivity index (χ1) is 20.3. The number of nitrogens with two attached hydrogens (primary N) is 1. The zero-order chi connectivity index (χ0) is 31.3. The van der Waals surface area contributed by atoms with Gasteiger partial charge in [-0.3, -0.25) is 9.36 Å². The fourth-order valence-corrected chi connectivity index (χ4v) is 7.30. The molecular weight excluding hydrogens is 591 g/mol. The maximum absolute atomic E-state index is 14.1. The van der Waals surface area contributed by atoms with Gasteiger partial charge in [0.2, 0.25) is 0 Å². The molecule has 0 aliphatic carbocycles. The quantitative estimate of drug-likeness (QED) is 0.246. The van der Waals surface area contributed by atoms with E-state index < -0.39 is 75.8 Å². The molecule has 226 valence electrons. The minimum Gasteiger partial charge on any atom is -0.480 e. The molecule has 5 rings (SSSR count). The Kier molecular flexibility index (Phi) is 7.81. The van der Waals surface area contributed by atoms with Crippen LogP contribution in [0.2, 0.25) is 0 Å². The van der Waals surface area contributed by atoms with Gasteiger partial charge in [0, 0.05) is 25.1 Å². The monoisotopic (exact) mass is 617 g/mol. The van der Waals surface area contributed by atoms with E-state index in [-0.39, 0.29) is 23.1 Å². The van der Waals surface area contributed by atoms with Crippen molar-refractivity contribution in [1.29, 1.82) is 0 Å². The summed E-state index contributed by atoms with van der Waals surface area (Å²) in [4.78, 5) is 26.1. The van der Waals surface area contributed by atoms with Crippen molar-refractivity contribution in [3.8, 4) is 11.1 Å². The predicted octanol–water partition coefficient (Wildman–Crippen LogP) is 2.84. The van der Waals surface area contributed by atoms with Crippen molar-refractivity contribution in [3.63, 3.8) is 0 Å². The molecule has 14 heteroatoms. The van der Waals surface area contributed by atoms with E-state index in [1.165, 1.54) is 6.07 Å². The Hall–Kier alpha value is -4.24. The molecule has 4 aromatic rings. The first-order valence-electron chi connectivity index (χ1n) is 13.0. The second kappa shape index (κ2) is 11.1. The van der Waals surface area contributed by atoms with Crippen molar-refractivity contribution in [2.24, 2.45) is 0 Å². The molecule has 1 aliphatic heterocycles. The number of nitrogens with zero attached hydrogens (tertiary/aromatic N) is 2. The highest BCUT2D eigenvalue weighted by molar-refractivity contribution is 7.89. The number of carboxylic acids is 1. The SMILES string of the molecule is Nc1c(Cc2cccc3ccccc23)c(-c2cccc(C(F)(F)F)c2)c2n(c1=O)C(C(=O)O)CN(C[C@H](O)CO)S2(=O)=O. The highest BCUT2D eigenvalue weighted by Gasteiger charge is 2.45. The van der Waals surface area contributed by atoms with E-state index in [2.05, 4.69) is 0 Å². The number of aliphatic carboxylic acids is 1. The second-order valence-corrected chi connectivity index (χ2v) is 12.0. The number of carboxylic acid groups (broad SMARTS) is 1. The van der Waals surface area contributed by atoms with Crippen LogP contribution in [0, 0.1) is 0 Å². The second-order valence-electron chi connectivity index (χ2n) is 10.2. The summed E-state index contributed by atoms with van der Waals surface area (Å²) in [6, 6.07) is 14.4. The van der Waals surface area contributed by atoms with E-state index in [0.29, 0.717) is 20.5 Å². The lowest BCUT2D eigenvalue weighted by Gasteiger charge is -2.36. The van der Waals surface area contributed by atoms with Crippen LogP contribution in [0.3, 0.4) is 0 Å². The van der Waals surface area contributed by atoms with Crippen LogP contribution in [-0.2, 0) is 27.4 Å². The summed E-state index contributed by atoms with van der Waals surface area (Å²) >= 11 is 0. The Balaban J connectivity index is 1.91. The maximum Gasteiger partial charge on any atom is 0.416 e. The molecule has 0 bridgehead atoms. The predicted molar refractivity (Wildman–Crippen MR) is 151 cm³/mol. The van der Waals surface area contributed by atoms with Crippen LogP contribution in [0.25, 0.3) is 21.9 Å². The van der Waals surface area contributed by atoms with E-state index in [1.54, 1.807) is 30.3 Å². The number of pyridine rings is 1. The molecule has 3 aromatic carbocycles. The number of fused-ring (bicyclic) bond motifs is 2. The number of nitrogen functional groups attached to an aromatic ring is 1. The summed E-state index contributed by atoms with van der Waals surface area (Å²) in [6.07, 6.45) is -6.61. The molecule has 0 fully saturated rings. The number of benzene rings is 3. The zero-order valence-corrected chi connectivity index (χ0v) is 23.1. The van der Waals surface area contributed by atoms with Crippen LogP contribution in [0.1, 0.15) is 22.7 Å². The fourth-order valence-electron chi connectivity index (χ4n) is 5.39. The molecule has 1 aliphatic rings. The van der Waals surface area contributed by atoms with E-state index in [1.807, 2.05) is 12.1 Å². The maximum atomic E-state index is 14.1. The minimum atomic E-state index is -4.85. The van der Waals surface area contributed by atoms with Gasteiger partial charge in [-0.1, -0.05) is 54.6 Å². The number of halogens is 3. The van der Waals surface area contributed by atoms with E-state index in [4.69, 9.17) is 5.73 Å². The van der Waals surface area contributed by atoms with E-state index >= 15 is 0 Å². The van der Waals surface area contributed by atoms with Crippen LogP contribution in [-0.4, -0.2) is 64.4 Å². The van der Waals surface area contributed by atoms with Gasteiger partial charge in [-0.05, 0) is 39.6 Å². The third-order valence-corrected chi connectivity index (χ3v) is 9.28. The van der Waals surface area contributed by atoms with Crippen LogP contribution < -0.4 is 11.3 Å². The Bertz CT molecular complexity index is 1900. The minimum absolute atomic E-state index is 0.107. The van der Waals surface area contributed by atoms with E-state index in [0.717, 1.165) is 22.9 Å². The van der Waals surface area contributed by atoms with Crippen molar-refractivity contribution < 1.29 is 41.7 Å². The summed E-state index contributed by atoms with van der Waals surface area (Å²) in [7, 11) is -4.85. The molecule has 5 N–H and O–H groups in total. The number of hydrogen-bond donors (Lipinski definition) is 4. The third kappa shape index (κ3) is 5.38. The number of rotatable bonds is 7. The first kappa shape index (κ1) is 30.2. The van der Waals surface area contributed by atoms with Gasteiger partial charge in [0.05, 0.1) is 18.3 Å². The molecule has 0 saturated heterocycles. The molecule has 43 heavy (non-hydrogen) atoms. The van der Waals surface area contributed by atoms with Crippen LogP contribution in [0.5, 0.6) is 0 Å². The summed E-state index contributed by atoms with van der Waals surface area (Å²) < 4.78 is 70.7.